The molecule has 2 saturated heterocycles. The van der Waals surface area contributed by atoms with Gasteiger partial charge in [-0.1, -0.05) is 0 Å². The molecule has 2 aliphatic heterocycles. The van der Waals surface area contributed by atoms with Crippen LogP contribution in [0.5, 0.6) is 0 Å². The van der Waals surface area contributed by atoms with Crippen LogP contribution in [0.15, 0.2) is 0 Å². The van der Waals surface area contributed by atoms with E-state index in [1.54, 1.807) is 0 Å². The van der Waals surface area contributed by atoms with E-state index in [-0.39, 0.29) is 5.41 Å². The average molecular weight is 270 g/mol. The molecule has 0 amide bonds. The molecule has 2 rings (SSSR count). The van der Waals surface area contributed by atoms with Gasteiger partial charge in [-0.3, -0.25) is 0 Å². The van der Waals surface area contributed by atoms with Gasteiger partial charge in [0.25, 0.3) is 0 Å². The van der Waals surface area contributed by atoms with Crippen molar-refractivity contribution in [1.29, 1.82) is 0 Å². The molecule has 0 aromatic rings. The molecule has 2 atom stereocenters. The topological polar surface area (TPSA) is 33.7 Å². The summed E-state index contributed by atoms with van der Waals surface area (Å²) < 4.78 is 11.6. The molecule has 4 nitrogen and oxygen atoms in total. The predicted octanol–water partition coefficient (Wildman–Crippen LogP) is 1.50. The molecule has 0 radical (unpaired) electrons. The van der Waals surface area contributed by atoms with Crippen LogP contribution in [0.1, 0.15) is 32.1 Å². The summed E-state index contributed by atoms with van der Waals surface area (Å²) in [5, 5.41) is 3.35. The van der Waals surface area contributed by atoms with Gasteiger partial charge >= 0.3 is 0 Å². The molecule has 0 aromatic carbocycles. The summed E-state index contributed by atoms with van der Waals surface area (Å²) in [6, 6.07) is 0. The Morgan fingerprint density at radius 2 is 2.16 bits per heavy atom. The molecule has 4 heteroatoms. The van der Waals surface area contributed by atoms with E-state index >= 15 is 0 Å². The summed E-state index contributed by atoms with van der Waals surface area (Å²) in [5.74, 6) is 0. The highest BCUT2D eigenvalue weighted by Gasteiger charge is 2.34. The number of hydrogen-bond acceptors (Lipinski definition) is 4. The van der Waals surface area contributed by atoms with Crippen LogP contribution < -0.4 is 5.32 Å². The van der Waals surface area contributed by atoms with Crippen LogP contribution >= 0.6 is 0 Å². The second-order valence-corrected chi connectivity index (χ2v) is 6.37. The molecule has 2 aliphatic rings. The first-order valence-electron chi connectivity index (χ1n) is 7.77. The molecule has 2 unspecified atom stereocenters. The predicted molar refractivity (Wildman–Crippen MR) is 77.5 cm³/mol. The minimum absolute atomic E-state index is 0.288. The van der Waals surface area contributed by atoms with Crippen molar-refractivity contribution in [1.82, 2.24) is 10.2 Å². The van der Waals surface area contributed by atoms with Crippen molar-refractivity contribution in [2.45, 2.75) is 38.2 Å². The van der Waals surface area contributed by atoms with E-state index in [0.29, 0.717) is 6.10 Å². The van der Waals surface area contributed by atoms with Gasteiger partial charge in [-0.25, -0.2) is 0 Å². The van der Waals surface area contributed by atoms with E-state index < -0.39 is 0 Å². The lowest BCUT2D eigenvalue weighted by atomic mass is 9.81. The van der Waals surface area contributed by atoms with Crippen molar-refractivity contribution in [3.05, 3.63) is 0 Å². The fourth-order valence-corrected chi connectivity index (χ4v) is 3.54. The number of ether oxygens (including phenoxy) is 2. The van der Waals surface area contributed by atoms with Gasteiger partial charge in [-0.05, 0) is 46.2 Å². The summed E-state index contributed by atoms with van der Waals surface area (Å²) in [4.78, 5) is 2.45. The third-order valence-corrected chi connectivity index (χ3v) is 4.35. The fourth-order valence-electron chi connectivity index (χ4n) is 3.54. The second kappa shape index (κ2) is 7.58. The molecular weight excluding hydrogens is 240 g/mol. The molecule has 1 N–H and O–H groups in total. The Labute approximate surface area is 117 Å². The van der Waals surface area contributed by atoms with Crippen LogP contribution in [0.25, 0.3) is 0 Å². The standard InChI is InChI=1S/C15H30N2O2/c1-16-11-15(7-5-8-18-13-15)12-17(2)10-14-6-3-4-9-19-14/h14,16H,3-13H2,1-2H3. The van der Waals surface area contributed by atoms with Crippen LogP contribution in [0, 0.1) is 5.41 Å². The molecular formula is C15H30N2O2. The summed E-state index contributed by atoms with van der Waals surface area (Å²) in [5.41, 5.74) is 0.288. The maximum absolute atomic E-state index is 5.84. The number of likely N-dealkylation sites (N-methyl/N-ethyl adjacent to an activating group) is 1. The molecule has 0 saturated carbocycles. The van der Waals surface area contributed by atoms with Gasteiger partial charge < -0.3 is 19.7 Å². The Kier molecular flexibility index (Phi) is 6.07. The van der Waals surface area contributed by atoms with Crippen LogP contribution in [0.3, 0.4) is 0 Å². The van der Waals surface area contributed by atoms with Crippen molar-refractivity contribution in [2.75, 3.05) is 53.6 Å². The highest BCUT2D eigenvalue weighted by molar-refractivity contribution is 4.87. The minimum Gasteiger partial charge on any atom is -0.381 e. The summed E-state index contributed by atoms with van der Waals surface area (Å²) >= 11 is 0. The molecule has 0 spiro atoms. The number of nitrogens with zero attached hydrogens (tertiary/aromatic N) is 1. The Morgan fingerprint density at radius 3 is 2.79 bits per heavy atom. The zero-order chi connectivity index (χ0) is 13.6. The molecule has 112 valence electrons. The second-order valence-electron chi connectivity index (χ2n) is 6.37. The van der Waals surface area contributed by atoms with Crippen molar-refractivity contribution in [2.24, 2.45) is 5.41 Å². The lowest BCUT2D eigenvalue weighted by molar-refractivity contribution is -0.0401. The molecule has 2 fully saturated rings. The quantitative estimate of drug-likeness (QED) is 0.793. The van der Waals surface area contributed by atoms with Crippen molar-refractivity contribution in [3.8, 4) is 0 Å². The van der Waals surface area contributed by atoms with E-state index in [2.05, 4.69) is 17.3 Å². The molecule has 0 bridgehead atoms. The lowest BCUT2D eigenvalue weighted by Gasteiger charge is -2.40. The first kappa shape index (κ1) is 15.2. The molecule has 0 aromatic heterocycles. The van der Waals surface area contributed by atoms with E-state index in [0.717, 1.165) is 39.5 Å². The van der Waals surface area contributed by atoms with E-state index in [1.807, 2.05) is 7.05 Å². The van der Waals surface area contributed by atoms with Crippen LogP contribution in [0.2, 0.25) is 0 Å². The SMILES string of the molecule is CNCC1(CN(C)CC2CCCCO2)CCCOC1. The Balaban J connectivity index is 1.81. The summed E-state index contributed by atoms with van der Waals surface area (Å²) in [6.45, 7) is 5.98. The van der Waals surface area contributed by atoms with Gasteiger partial charge in [-0.2, -0.15) is 0 Å². The smallest absolute Gasteiger partial charge is 0.0701 e. The van der Waals surface area contributed by atoms with Gasteiger partial charge in [0.2, 0.25) is 0 Å². The summed E-state index contributed by atoms with van der Waals surface area (Å²) in [7, 11) is 4.27. The third kappa shape index (κ3) is 4.71. The Morgan fingerprint density at radius 1 is 1.26 bits per heavy atom. The van der Waals surface area contributed by atoms with E-state index in [9.17, 15) is 0 Å². The summed E-state index contributed by atoms with van der Waals surface area (Å²) in [6.07, 6.45) is 6.68. The molecule has 2 heterocycles. The first-order chi connectivity index (χ1) is 9.24. The average Bonchev–Trinajstić information content (AvgIpc) is 2.40. The van der Waals surface area contributed by atoms with E-state index in [4.69, 9.17) is 9.47 Å². The third-order valence-electron chi connectivity index (χ3n) is 4.35. The monoisotopic (exact) mass is 270 g/mol. The van der Waals surface area contributed by atoms with Gasteiger partial charge in [0.05, 0.1) is 12.7 Å². The largest absolute Gasteiger partial charge is 0.381 e. The number of rotatable bonds is 6. The van der Waals surface area contributed by atoms with Crippen molar-refractivity contribution >= 4 is 0 Å². The maximum atomic E-state index is 5.84. The minimum atomic E-state index is 0.288. The van der Waals surface area contributed by atoms with Crippen LogP contribution in [-0.4, -0.2) is 64.6 Å². The van der Waals surface area contributed by atoms with E-state index in [1.165, 1.54) is 32.1 Å². The van der Waals surface area contributed by atoms with Gasteiger partial charge in [0.15, 0.2) is 0 Å². The van der Waals surface area contributed by atoms with Crippen LogP contribution in [-0.2, 0) is 9.47 Å². The normalized spacial score (nSPS) is 32.7. The van der Waals surface area contributed by atoms with Gasteiger partial charge in [0, 0.05) is 38.3 Å². The lowest BCUT2D eigenvalue weighted by Crippen LogP contribution is -2.49. The fraction of sp³-hybridized carbons (Fsp3) is 1.00. The van der Waals surface area contributed by atoms with Gasteiger partial charge in [-0.15, -0.1) is 0 Å². The number of hydrogen-bond donors (Lipinski definition) is 1. The zero-order valence-electron chi connectivity index (χ0n) is 12.6. The first-order valence-corrected chi connectivity index (χ1v) is 7.77. The Hall–Kier alpha value is -0.160. The Bertz CT molecular complexity index is 243. The molecule has 19 heavy (non-hydrogen) atoms. The number of nitrogens with one attached hydrogen (secondary N) is 1. The zero-order valence-corrected chi connectivity index (χ0v) is 12.6. The maximum Gasteiger partial charge on any atom is 0.0701 e. The van der Waals surface area contributed by atoms with Crippen molar-refractivity contribution in [3.63, 3.8) is 0 Å². The van der Waals surface area contributed by atoms with Gasteiger partial charge in [0.1, 0.15) is 0 Å². The van der Waals surface area contributed by atoms with Crippen molar-refractivity contribution < 1.29 is 9.47 Å². The highest BCUT2D eigenvalue weighted by Crippen LogP contribution is 2.29. The molecule has 0 aliphatic carbocycles. The highest BCUT2D eigenvalue weighted by atomic mass is 16.5. The van der Waals surface area contributed by atoms with Crippen LogP contribution in [0.4, 0.5) is 0 Å².